The lowest BCUT2D eigenvalue weighted by atomic mass is 10.0. The van der Waals surface area contributed by atoms with E-state index in [9.17, 15) is 9.59 Å². The Morgan fingerprint density at radius 2 is 1.90 bits per heavy atom. The van der Waals surface area contributed by atoms with Crippen molar-refractivity contribution in [3.05, 3.63) is 23.8 Å². The van der Waals surface area contributed by atoms with Crippen molar-refractivity contribution in [2.24, 2.45) is 5.92 Å². The van der Waals surface area contributed by atoms with Crippen LogP contribution in [0.1, 0.15) is 23.2 Å². The van der Waals surface area contributed by atoms with E-state index < -0.39 is 5.97 Å². The molecule has 0 bridgehead atoms. The van der Waals surface area contributed by atoms with Crippen LogP contribution in [-0.4, -0.2) is 39.4 Å². The Labute approximate surface area is 122 Å². The SMILES string of the molecule is COC(=O)c1ccc(OC(=O)C2CCOCC2)cc1OC. The number of carbonyl (C=O) groups is 2. The Balaban J connectivity index is 2.09. The van der Waals surface area contributed by atoms with Crippen LogP contribution in [0, 0.1) is 5.92 Å². The molecule has 0 amide bonds. The fourth-order valence-electron chi connectivity index (χ4n) is 2.15. The lowest BCUT2D eigenvalue weighted by molar-refractivity contribution is -0.142. The van der Waals surface area contributed by atoms with Crippen LogP contribution in [0.25, 0.3) is 0 Å². The van der Waals surface area contributed by atoms with Crippen molar-refractivity contribution in [3.63, 3.8) is 0 Å². The molecular weight excluding hydrogens is 276 g/mol. The summed E-state index contributed by atoms with van der Waals surface area (Å²) in [6.45, 7) is 1.15. The van der Waals surface area contributed by atoms with Crippen LogP contribution >= 0.6 is 0 Å². The Morgan fingerprint density at radius 1 is 1.19 bits per heavy atom. The van der Waals surface area contributed by atoms with Crippen molar-refractivity contribution in [2.45, 2.75) is 12.8 Å². The van der Waals surface area contributed by atoms with Gasteiger partial charge in [-0.2, -0.15) is 0 Å². The number of hydrogen-bond donors (Lipinski definition) is 0. The highest BCUT2D eigenvalue weighted by Gasteiger charge is 2.24. The van der Waals surface area contributed by atoms with Crippen LogP contribution in [0.15, 0.2) is 18.2 Å². The molecule has 0 radical (unpaired) electrons. The van der Waals surface area contributed by atoms with E-state index in [0.29, 0.717) is 37.6 Å². The first-order valence-corrected chi connectivity index (χ1v) is 6.71. The molecule has 0 atom stereocenters. The van der Waals surface area contributed by atoms with Crippen LogP contribution in [0.2, 0.25) is 0 Å². The molecule has 1 fully saturated rings. The molecule has 1 saturated heterocycles. The Bertz CT molecular complexity index is 519. The third-order valence-corrected chi connectivity index (χ3v) is 3.35. The maximum atomic E-state index is 12.0. The Hall–Kier alpha value is -2.08. The summed E-state index contributed by atoms with van der Waals surface area (Å²) < 4.78 is 20.3. The van der Waals surface area contributed by atoms with Crippen LogP contribution < -0.4 is 9.47 Å². The van der Waals surface area contributed by atoms with Gasteiger partial charge in [0.15, 0.2) is 0 Å². The molecule has 2 rings (SSSR count). The maximum absolute atomic E-state index is 12.0. The van der Waals surface area contributed by atoms with Gasteiger partial charge in [0.05, 0.1) is 20.1 Å². The van der Waals surface area contributed by atoms with Crippen molar-refractivity contribution >= 4 is 11.9 Å². The highest BCUT2D eigenvalue weighted by atomic mass is 16.5. The van der Waals surface area contributed by atoms with Crippen LogP contribution in [0.5, 0.6) is 11.5 Å². The number of ether oxygens (including phenoxy) is 4. The van der Waals surface area contributed by atoms with Gasteiger partial charge in [0, 0.05) is 19.3 Å². The monoisotopic (exact) mass is 294 g/mol. The summed E-state index contributed by atoms with van der Waals surface area (Å²) in [5, 5.41) is 0. The van der Waals surface area contributed by atoms with Crippen molar-refractivity contribution in [1.82, 2.24) is 0 Å². The number of esters is 2. The summed E-state index contributed by atoms with van der Waals surface area (Å²) in [6.07, 6.45) is 1.33. The first-order chi connectivity index (χ1) is 10.2. The van der Waals surface area contributed by atoms with Gasteiger partial charge in [0.25, 0.3) is 0 Å². The summed E-state index contributed by atoms with van der Waals surface area (Å²) in [5.41, 5.74) is 0.283. The molecule has 0 unspecified atom stereocenters. The first-order valence-electron chi connectivity index (χ1n) is 6.71. The molecule has 0 spiro atoms. The Morgan fingerprint density at radius 3 is 2.52 bits per heavy atom. The molecule has 0 saturated carbocycles. The van der Waals surface area contributed by atoms with E-state index in [1.54, 1.807) is 6.07 Å². The summed E-state index contributed by atoms with van der Waals surface area (Å²) in [6, 6.07) is 4.56. The second kappa shape index (κ2) is 7.08. The lowest BCUT2D eigenvalue weighted by Gasteiger charge is -2.20. The zero-order valence-corrected chi connectivity index (χ0v) is 12.1. The normalized spacial score (nSPS) is 15.3. The number of rotatable bonds is 4. The highest BCUT2D eigenvalue weighted by molar-refractivity contribution is 5.92. The van der Waals surface area contributed by atoms with Gasteiger partial charge in [-0.3, -0.25) is 4.79 Å². The van der Waals surface area contributed by atoms with Crippen molar-refractivity contribution in [2.75, 3.05) is 27.4 Å². The highest BCUT2D eigenvalue weighted by Crippen LogP contribution is 2.27. The van der Waals surface area contributed by atoms with Crippen molar-refractivity contribution in [3.8, 4) is 11.5 Å². The second-order valence-corrected chi connectivity index (χ2v) is 4.66. The van der Waals surface area contributed by atoms with Gasteiger partial charge < -0.3 is 18.9 Å². The van der Waals surface area contributed by atoms with E-state index >= 15 is 0 Å². The standard InChI is InChI=1S/C15H18O6/c1-18-13-9-11(3-4-12(13)15(17)19-2)21-14(16)10-5-7-20-8-6-10/h3-4,9-10H,5-8H2,1-2H3. The molecule has 6 heteroatoms. The summed E-state index contributed by atoms with van der Waals surface area (Å²) in [4.78, 5) is 23.6. The van der Waals surface area contributed by atoms with E-state index in [1.807, 2.05) is 0 Å². The molecule has 114 valence electrons. The third-order valence-electron chi connectivity index (χ3n) is 3.35. The van der Waals surface area contributed by atoms with Gasteiger partial charge in [-0.15, -0.1) is 0 Å². The molecule has 0 aromatic heterocycles. The minimum atomic E-state index is -0.505. The molecular formula is C15H18O6. The molecule has 1 aromatic rings. The van der Waals surface area contributed by atoms with E-state index in [-0.39, 0.29) is 17.5 Å². The van der Waals surface area contributed by atoms with Crippen LogP contribution in [0.4, 0.5) is 0 Å². The fraction of sp³-hybridized carbons (Fsp3) is 0.467. The summed E-state index contributed by atoms with van der Waals surface area (Å²) in [7, 11) is 2.73. The second-order valence-electron chi connectivity index (χ2n) is 4.66. The summed E-state index contributed by atoms with van der Waals surface area (Å²) in [5.74, 6) is -0.291. The number of hydrogen-bond acceptors (Lipinski definition) is 6. The minimum Gasteiger partial charge on any atom is -0.496 e. The molecule has 0 N–H and O–H groups in total. The molecule has 1 aromatic carbocycles. The van der Waals surface area contributed by atoms with E-state index in [1.165, 1.54) is 26.4 Å². The first kappa shape index (κ1) is 15.3. The van der Waals surface area contributed by atoms with E-state index in [2.05, 4.69) is 4.74 Å². The van der Waals surface area contributed by atoms with Gasteiger partial charge in [-0.05, 0) is 25.0 Å². The largest absolute Gasteiger partial charge is 0.496 e. The molecule has 6 nitrogen and oxygen atoms in total. The quantitative estimate of drug-likeness (QED) is 0.623. The lowest BCUT2D eigenvalue weighted by Crippen LogP contribution is -2.27. The van der Waals surface area contributed by atoms with Crippen molar-refractivity contribution in [1.29, 1.82) is 0 Å². The van der Waals surface area contributed by atoms with Crippen molar-refractivity contribution < 1.29 is 28.5 Å². The predicted octanol–water partition coefficient (Wildman–Crippen LogP) is 1.81. The van der Waals surface area contributed by atoms with Gasteiger partial charge >= 0.3 is 11.9 Å². The van der Waals surface area contributed by atoms with Gasteiger partial charge in [0.2, 0.25) is 0 Å². The number of methoxy groups -OCH3 is 2. The van der Waals surface area contributed by atoms with E-state index in [4.69, 9.17) is 14.2 Å². The summed E-state index contributed by atoms with van der Waals surface area (Å²) >= 11 is 0. The minimum absolute atomic E-state index is 0.148. The van der Waals surface area contributed by atoms with Gasteiger partial charge in [-0.1, -0.05) is 0 Å². The van der Waals surface area contributed by atoms with Crippen LogP contribution in [0.3, 0.4) is 0 Å². The Kier molecular flexibility index (Phi) is 5.16. The maximum Gasteiger partial charge on any atom is 0.341 e. The van der Waals surface area contributed by atoms with E-state index in [0.717, 1.165) is 0 Å². The average Bonchev–Trinajstić information content (AvgIpc) is 2.54. The zero-order valence-electron chi connectivity index (χ0n) is 12.1. The number of carbonyl (C=O) groups excluding carboxylic acids is 2. The topological polar surface area (TPSA) is 71.1 Å². The molecule has 1 aliphatic rings. The molecule has 1 heterocycles. The third kappa shape index (κ3) is 3.72. The smallest absolute Gasteiger partial charge is 0.341 e. The fourth-order valence-corrected chi connectivity index (χ4v) is 2.15. The van der Waals surface area contributed by atoms with Gasteiger partial charge in [0.1, 0.15) is 17.1 Å². The molecule has 0 aliphatic carbocycles. The molecule has 1 aliphatic heterocycles. The predicted molar refractivity (Wildman–Crippen MR) is 73.5 cm³/mol. The average molecular weight is 294 g/mol. The number of benzene rings is 1. The van der Waals surface area contributed by atoms with Crippen LogP contribution in [-0.2, 0) is 14.3 Å². The van der Waals surface area contributed by atoms with Gasteiger partial charge in [-0.25, -0.2) is 4.79 Å². The molecule has 21 heavy (non-hydrogen) atoms. The zero-order chi connectivity index (χ0) is 15.2.